The van der Waals surface area contributed by atoms with Gasteiger partial charge in [0.2, 0.25) is 0 Å². The lowest BCUT2D eigenvalue weighted by molar-refractivity contribution is 0.0696. The number of hydrogen-bond donors (Lipinski definition) is 2. The maximum atomic E-state index is 10.8. The molecule has 0 aliphatic carbocycles. The molecule has 1 aromatic rings. The lowest BCUT2D eigenvalue weighted by atomic mass is 10.1. The van der Waals surface area contributed by atoms with Crippen LogP contribution in [0, 0.1) is 6.92 Å². The first-order chi connectivity index (χ1) is 7.04. The van der Waals surface area contributed by atoms with Crippen LogP contribution in [-0.2, 0) is 0 Å². The molecule has 0 saturated carbocycles. The van der Waals surface area contributed by atoms with Gasteiger partial charge in [0.1, 0.15) is 0 Å². The van der Waals surface area contributed by atoms with E-state index in [1.807, 2.05) is 13.0 Å². The standard InChI is InChI=1S/C12H15NO2/c1-4-9(3)13-10-5-6-11(12(14)15)8(2)7-10/h4-7,9,13H,1H2,2-3H3,(H,14,15). The van der Waals surface area contributed by atoms with E-state index in [2.05, 4.69) is 11.9 Å². The van der Waals surface area contributed by atoms with E-state index in [4.69, 9.17) is 5.11 Å². The van der Waals surface area contributed by atoms with Crippen LogP contribution in [-0.4, -0.2) is 17.1 Å². The van der Waals surface area contributed by atoms with Crippen molar-refractivity contribution in [2.75, 3.05) is 5.32 Å². The summed E-state index contributed by atoms with van der Waals surface area (Å²) in [6, 6.07) is 5.36. The largest absolute Gasteiger partial charge is 0.478 e. The first-order valence-corrected chi connectivity index (χ1v) is 4.77. The lowest BCUT2D eigenvalue weighted by Crippen LogP contribution is -2.11. The smallest absolute Gasteiger partial charge is 0.335 e. The Kier molecular flexibility index (Phi) is 3.50. The maximum Gasteiger partial charge on any atom is 0.335 e. The Hall–Kier alpha value is -1.77. The number of benzene rings is 1. The van der Waals surface area contributed by atoms with Gasteiger partial charge in [-0.3, -0.25) is 0 Å². The monoisotopic (exact) mass is 205 g/mol. The Morgan fingerprint density at radius 3 is 2.73 bits per heavy atom. The summed E-state index contributed by atoms with van der Waals surface area (Å²) in [5.41, 5.74) is 2.00. The van der Waals surface area contributed by atoms with Crippen LogP contribution >= 0.6 is 0 Å². The van der Waals surface area contributed by atoms with Gasteiger partial charge in [0.15, 0.2) is 0 Å². The molecule has 3 heteroatoms. The topological polar surface area (TPSA) is 49.3 Å². The second-order valence-electron chi connectivity index (χ2n) is 3.50. The summed E-state index contributed by atoms with van der Waals surface area (Å²) in [4.78, 5) is 10.8. The zero-order valence-electron chi connectivity index (χ0n) is 8.95. The molecular weight excluding hydrogens is 190 g/mol. The number of carboxylic acids is 1. The van der Waals surface area contributed by atoms with Crippen LogP contribution in [0.3, 0.4) is 0 Å². The van der Waals surface area contributed by atoms with Crippen molar-refractivity contribution < 1.29 is 9.90 Å². The highest BCUT2D eigenvalue weighted by Gasteiger charge is 2.07. The molecule has 0 aliphatic rings. The molecule has 0 aromatic heterocycles. The van der Waals surface area contributed by atoms with Crippen LogP contribution in [0.5, 0.6) is 0 Å². The van der Waals surface area contributed by atoms with E-state index < -0.39 is 5.97 Å². The molecule has 0 saturated heterocycles. The van der Waals surface area contributed by atoms with Crippen LogP contribution in [0.15, 0.2) is 30.9 Å². The fourth-order valence-corrected chi connectivity index (χ4v) is 1.32. The molecule has 1 rings (SSSR count). The van der Waals surface area contributed by atoms with Crippen molar-refractivity contribution in [2.45, 2.75) is 19.9 Å². The fraction of sp³-hybridized carbons (Fsp3) is 0.250. The maximum absolute atomic E-state index is 10.8. The van der Waals surface area contributed by atoms with Crippen LogP contribution in [0.2, 0.25) is 0 Å². The van der Waals surface area contributed by atoms with Crippen molar-refractivity contribution in [1.82, 2.24) is 0 Å². The van der Waals surface area contributed by atoms with E-state index in [9.17, 15) is 4.79 Å². The van der Waals surface area contributed by atoms with Crippen molar-refractivity contribution in [3.8, 4) is 0 Å². The quantitative estimate of drug-likeness (QED) is 0.743. The summed E-state index contributed by atoms with van der Waals surface area (Å²) in [5, 5.41) is 12.0. The van der Waals surface area contributed by atoms with Gasteiger partial charge >= 0.3 is 5.97 Å². The van der Waals surface area contributed by atoms with Gasteiger partial charge in [-0.2, -0.15) is 0 Å². The Morgan fingerprint density at radius 2 is 2.27 bits per heavy atom. The summed E-state index contributed by atoms with van der Waals surface area (Å²) >= 11 is 0. The molecule has 1 atom stereocenters. The third-order valence-corrected chi connectivity index (χ3v) is 2.20. The van der Waals surface area contributed by atoms with Crippen LogP contribution in [0.25, 0.3) is 0 Å². The minimum atomic E-state index is -0.893. The van der Waals surface area contributed by atoms with Crippen LogP contribution in [0.1, 0.15) is 22.8 Å². The first-order valence-electron chi connectivity index (χ1n) is 4.77. The van der Waals surface area contributed by atoms with Gasteiger partial charge < -0.3 is 10.4 Å². The molecular formula is C12H15NO2. The molecule has 0 fully saturated rings. The Balaban J connectivity index is 2.91. The summed E-state index contributed by atoms with van der Waals surface area (Å²) in [6.07, 6.45) is 1.79. The Labute approximate surface area is 89.4 Å². The number of hydrogen-bond acceptors (Lipinski definition) is 2. The molecule has 2 N–H and O–H groups in total. The Morgan fingerprint density at radius 1 is 1.60 bits per heavy atom. The summed E-state index contributed by atoms with van der Waals surface area (Å²) in [5.74, 6) is -0.893. The van der Waals surface area contributed by atoms with Gasteiger partial charge in [0.05, 0.1) is 5.56 Å². The van der Waals surface area contributed by atoms with E-state index >= 15 is 0 Å². The fourth-order valence-electron chi connectivity index (χ4n) is 1.32. The molecule has 0 radical (unpaired) electrons. The number of carbonyl (C=O) groups is 1. The second kappa shape index (κ2) is 4.64. The summed E-state index contributed by atoms with van der Waals surface area (Å²) < 4.78 is 0. The average molecular weight is 205 g/mol. The third-order valence-electron chi connectivity index (χ3n) is 2.20. The van der Waals surface area contributed by atoms with E-state index in [1.165, 1.54) is 0 Å². The molecule has 0 spiro atoms. The van der Waals surface area contributed by atoms with Crippen molar-refractivity contribution in [1.29, 1.82) is 0 Å². The highest BCUT2D eigenvalue weighted by molar-refractivity contribution is 5.89. The van der Waals surface area contributed by atoms with Gasteiger partial charge in [-0.25, -0.2) is 4.79 Å². The molecule has 0 amide bonds. The van der Waals surface area contributed by atoms with Crippen LogP contribution < -0.4 is 5.32 Å². The minimum absolute atomic E-state index is 0.167. The first kappa shape index (κ1) is 11.3. The van der Waals surface area contributed by atoms with Crippen molar-refractivity contribution in [2.24, 2.45) is 0 Å². The van der Waals surface area contributed by atoms with Gasteiger partial charge in [-0.1, -0.05) is 6.08 Å². The van der Waals surface area contributed by atoms with Crippen molar-refractivity contribution in [3.05, 3.63) is 42.0 Å². The van der Waals surface area contributed by atoms with E-state index in [0.29, 0.717) is 5.56 Å². The highest BCUT2D eigenvalue weighted by Crippen LogP contribution is 2.16. The summed E-state index contributed by atoms with van der Waals surface area (Å²) in [7, 11) is 0. The van der Waals surface area contributed by atoms with Gasteiger partial charge in [0, 0.05) is 11.7 Å². The SMILES string of the molecule is C=CC(C)Nc1ccc(C(=O)O)c(C)c1. The number of aryl methyl sites for hydroxylation is 1. The van der Waals surface area contributed by atoms with Gasteiger partial charge in [-0.05, 0) is 37.6 Å². The zero-order chi connectivity index (χ0) is 11.4. The van der Waals surface area contributed by atoms with E-state index in [0.717, 1.165) is 11.3 Å². The van der Waals surface area contributed by atoms with Crippen molar-refractivity contribution >= 4 is 11.7 Å². The molecule has 80 valence electrons. The molecule has 1 aromatic carbocycles. The number of aromatic carboxylic acids is 1. The number of rotatable bonds is 4. The molecule has 0 bridgehead atoms. The van der Waals surface area contributed by atoms with E-state index in [-0.39, 0.29) is 6.04 Å². The number of anilines is 1. The van der Waals surface area contributed by atoms with Crippen molar-refractivity contribution in [3.63, 3.8) is 0 Å². The molecule has 0 heterocycles. The Bertz CT molecular complexity index is 385. The van der Waals surface area contributed by atoms with Crippen LogP contribution in [0.4, 0.5) is 5.69 Å². The van der Waals surface area contributed by atoms with Gasteiger partial charge in [0.25, 0.3) is 0 Å². The van der Waals surface area contributed by atoms with Gasteiger partial charge in [-0.15, -0.1) is 6.58 Å². The predicted molar refractivity (Wildman–Crippen MR) is 61.4 cm³/mol. The lowest BCUT2D eigenvalue weighted by Gasteiger charge is -2.12. The van der Waals surface area contributed by atoms with E-state index in [1.54, 1.807) is 25.1 Å². The number of carboxylic acid groups (broad SMARTS) is 1. The average Bonchev–Trinajstić information content (AvgIpc) is 2.17. The molecule has 0 aliphatic heterocycles. The third kappa shape index (κ3) is 2.84. The normalized spacial score (nSPS) is 11.9. The number of nitrogens with one attached hydrogen (secondary N) is 1. The minimum Gasteiger partial charge on any atom is -0.478 e. The zero-order valence-corrected chi connectivity index (χ0v) is 8.95. The predicted octanol–water partition coefficient (Wildman–Crippen LogP) is 2.68. The second-order valence-corrected chi connectivity index (χ2v) is 3.50. The molecule has 15 heavy (non-hydrogen) atoms. The molecule has 1 unspecified atom stereocenters. The molecule has 3 nitrogen and oxygen atoms in total. The highest BCUT2D eigenvalue weighted by atomic mass is 16.4. The summed E-state index contributed by atoms with van der Waals surface area (Å²) in [6.45, 7) is 7.43.